The van der Waals surface area contributed by atoms with Gasteiger partial charge in [0, 0.05) is 45.0 Å². The first-order valence-corrected chi connectivity index (χ1v) is 10.7. The lowest BCUT2D eigenvalue weighted by Gasteiger charge is -2.26. The number of nitrogens with one attached hydrogen (secondary N) is 2. The molecule has 1 saturated heterocycles. The number of aliphatic imine (C=N–C) groups is 1. The van der Waals surface area contributed by atoms with E-state index in [1.807, 2.05) is 18.8 Å². The van der Waals surface area contributed by atoms with E-state index in [1.54, 1.807) is 0 Å². The average molecular weight is 397 g/mol. The monoisotopic (exact) mass is 396 g/mol. The van der Waals surface area contributed by atoms with E-state index in [2.05, 4.69) is 76.7 Å². The number of nitrogens with zero attached hydrogens (tertiary/aromatic N) is 4. The number of benzene rings is 1. The van der Waals surface area contributed by atoms with Gasteiger partial charge in [-0.15, -0.1) is 0 Å². The SMILES string of the molecule is CN=C(NCC1CCCN1Cc1ccccc1)NC(C)Cc1c(C)nn(C)c1C. The van der Waals surface area contributed by atoms with E-state index in [0.29, 0.717) is 6.04 Å². The highest BCUT2D eigenvalue weighted by Crippen LogP contribution is 2.19. The van der Waals surface area contributed by atoms with Gasteiger partial charge in [0.05, 0.1) is 5.69 Å². The lowest BCUT2D eigenvalue weighted by atomic mass is 10.1. The Bertz CT molecular complexity index is 810. The van der Waals surface area contributed by atoms with Gasteiger partial charge in [-0.3, -0.25) is 14.6 Å². The van der Waals surface area contributed by atoms with Crippen LogP contribution in [0.15, 0.2) is 35.3 Å². The molecule has 2 unspecified atom stereocenters. The zero-order valence-electron chi connectivity index (χ0n) is 18.6. The predicted octanol–water partition coefficient (Wildman–Crippen LogP) is 2.80. The first-order valence-electron chi connectivity index (χ1n) is 10.7. The molecule has 1 fully saturated rings. The number of likely N-dealkylation sites (tertiary alicyclic amines) is 1. The number of aryl methyl sites for hydroxylation is 2. The van der Waals surface area contributed by atoms with Crippen LogP contribution in [0, 0.1) is 13.8 Å². The normalized spacial score (nSPS) is 18.8. The highest BCUT2D eigenvalue weighted by molar-refractivity contribution is 5.80. The van der Waals surface area contributed by atoms with E-state index in [4.69, 9.17) is 0 Å². The van der Waals surface area contributed by atoms with Gasteiger partial charge in [-0.05, 0) is 57.7 Å². The van der Waals surface area contributed by atoms with Crippen LogP contribution in [0.5, 0.6) is 0 Å². The molecule has 0 spiro atoms. The largest absolute Gasteiger partial charge is 0.355 e. The lowest BCUT2D eigenvalue weighted by molar-refractivity contribution is 0.245. The van der Waals surface area contributed by atoms with Gasteiger partial charge in [0.15, 0.2) is 5.96 Å². The van der Waals surface area contributed by atoms with Gasteiger partial charge < -0.3 is 10.6 Å². The lowest BCUT2D eigenvalue weighted by Crippen LogP contribution is -2.47. The van der Waals surface area contributed by atoms with Crippen molar-refractivity contribution >= 4 is 5.96 Å². The molecule has 2 N–H and O–H groups in total. The molecule has 2 atom stereocenters. The molecule has 0 aliphatic carbocycles. The summed E-state index contributed by atoms with van der Waals surface area (Å²) in [5.74, 6) is 0.878. The Balaban J connectivity index is 1.50. The fraction of sp³-hybridized carbons (Fsp3) is 0.565. The standard InChI is InChI=1S/C23H36N6/c1-17(14-22-18(2)27-28(5)19(22)3)26-23(24-4)25-15-21-12-9-13-29(21)16-20-10-7-6-8-11-20/h6-8,10-11,17,21H,9,12-16H2,1-5H3,(H2,24,25,26). The van der Waals surface area contributed by atoms with Crippen molar-refractivity contribution in [3.63, 3.8) is 0 Å². The van der Waals surface area contributed by atoms with E-state index >= 15 is 0 Å². The molecule has 1 aliphatic heterocycles. The van der Waals surface area contributed by atoms with Crippen LogP contribution in [0.4, 0.5) is 0 Å². The highest BCUT2D eigenvalue weighted by atomic mass is 15.3. The minimum Gasteiger partial charge on any atom is -0.355 e. The molecular weight excluding hydrogens is 360 g/mol. The summed E-state index contributed by atoms with van der Waals surface area (Å²) in [5.41, 5.74) is 5.07. The van der Waals surface area contributed by atoms with E-state index in [9.17, 15) is 0 Å². The summed E-state index contributed by atoms with van der Waals surface area (Å²) in [6.45, 7) is 9.54. The predicted molar refractivity (Wildman–Crippen MR) is 120 cm³/mol. The van der Waals surface area contributed by atoms with Crippen LogP contribution in [0.1, 0.15) is 42.3 Å². The number of hydrogen-bond acceptors (Lipinski definition) is 3. The summed E-state index contributed by atoms with van der Waals surface area (Å²) in [5, 5.41) is 11.6. The second kappa shape index (κ2) is 9.92. The molecule has 0 radical (unpaired) electrons. The van der Waals surface area contributed by atoms with Crippen molar-refractivity contribution in [2.24, 2.45) is 12.0 Å². The Kier molecular flexibility index (Phi) is 7.31. The molecule has 1 aliphatic rings. The fourth-order valence-corrected chi connectivity index (χ4v) is 4.27. The summed E-state index contributed by atoms with van der Waals surface area (Å²) in [6, 6.07) is 11.6. The summed E-state index contributed by atoms with van der Waals surface area (Å²) < 4.78 is 1.96. The van der Waals surface area contributed by atoms with Gasteiger partial charge in [0.25, 0.3) is 0 Å². The van der Waals surface area contributed by atoms with Gasteiger partial charge in [-0.1, -0.05) is 30.3 Å². The molecule has 3 rings (SSSR count). The maximum atomic E-state index is 4.53. The number of rotatable bonds is 7. The maximum Gasteiger partial charge on any atom is 0.191 e. The third-order valence-electron chi connectivity index (χ3n) is 6.01. The molecule has 0 bridgehead atoms. The van der Waals surface area contributed by atoms with Crippen molar-refractivity contribution in [3.8, 4) is 0 Å². The number of guanidine groups is 1. The van der Waals surface area contributed by atoms with Crippen LogP contribution in [0.2, 0.25) is 0 Å². The molecule has 2 heterocycles. The van der Waals surface area contributed by atoms with Crippen molar-refractivity contribution in [2.75, 3.05) is 20.1 Å². The Morgan fingerprint density at radius 2 is 2.03 bits per heavy atom. The summed E-state index contributed by atoms with van der Waals surface area (Å²) in [4.78, 5) is 7.03. The van der Waals surface area contributed by atoms with Crippen molar-refractivity contribution in [2.45, 2.75) is 58.7 Å². The van der Waals surface area contributed by atoms with Crippen LogP contribution in [-0.2, 0) is 20.0 Å². The molecule has 1 aromatic heterocycles. The second-order valence-electron chi connectivity index (χ2n) is 8.23. The van der Waals surface area contributed by atoms with Crippen molar-refractivity contribution in [1.82, 2.24) is 25.3 Å². The Hall–Kier alpha value is -2.34. The number of hydrogen-bond donors (Lipinski definition) is 2. The van der Waals surface area contributed by atoms with Crippen LogP contribution < -0.4 is 10.6 Å². The van der Waals surface area contributed by atoms with Gasteiger partial charge in [0.1, 0.15) is 0 Å². The fourth-order valence-electron chi connectivity index (χ4n) is 4.27. The molecular formula is C23H36N6. The van der Waals surface area contributed by atoms with Crippen LogP contribution in [0.25, 0.3) is 0 Å². The van der Waals surface area contributed by atoms with Gasteiger partial charge >= 0.3 is 0 Å². The maximum absolute atomic E-state index is 4.53. The molecule has 29 heavy (non-hydrogen) atoms. The molecule has 6 heteroatoms. The Labute approximate surface area is 175 Å². The third kappa shape index (κ3) is 5.60. The van der Waals surface area contributed by atoms with Gasteiger partial charge in [-0.2, -0.15) is 5.10 Å². The topological polar surface area (TPSA) is 57.5 Å². The van der Waals surface area contributed by atoms with Crippen molar-refractivity contribution in [1.29, 1.82) is 0 Å². The summed E-state index contributed by atoms with van der Waals surface area (Å²) >= 11 is 0. The Morgan fingerprint density at radius 3 is 2.69 bits per heavy atom. The molecule has 6 nitrogen and oxygen atoms in total. The van der Waals surface area contributed by atoms with Gasteiger partial charge in [-0.25, -0.2) is 0 Å². The van der Waals surface area contributed by atoms with Crippen LogP contribution in [0.3, 0.4) is 0 Å². The Morgan fingerprint density at radius 1 is 1.28 bits per heavy atom. The second-order valence-corrected chi connectivity index (χ2v) is 8.23. The van der Waals surface area contributed by atoms with Crippen LogP contribution in [-0.4, -0.2) is 52.9 Å². The van der Waals surface area contributed by atoms with Crippen molar-refractivity contribution < 1.29 is 0 Å². The number of aromatic nitrogens is 2. The van der Waals surface area contributed by atoms with E-state index in [1.165, 1.54) is 36.2 Å². The average Bonchev–Trinajstić information content (AvgIpc) is 3.25. The minimum absolute atomic E-state index is 0.284. The summed E-state index contributed by atoms with van der Waals surface area (Å²) in [7, 11) is 3.85. The zero-order chi connectivity index (χ0) is 20.8. The van der Waals surface area contributed by atoms with E-state index in [0.717, 1.165) is 31.2 Å². The smallest absolute Gasteiger partial charge is 0.191 e. The first-order chi connectivity index (χ1) is 14.0. The molecule has 158 valence electrons. The van der Waals surface area contributed by atoms with Crippen LogP contribution >= 0.6 is 0 Å². The zero-order valence-corrected chi connectivity index (χ0v) is 18.6. The highest BCUT2D eigenvalue weighted by Gasteiger charge is 2.24. The molecule has 1 aromatic carbocycles. The van der Waals surface area contributed by atoms with E-state index in [-0.39, 0.29) is 6.04 Å². The minimum atomic E-state index is 0.284. The molecule has 0 amide bonds. The van der Waals surface area contributed by atoms with Crippen molar-refractivity contribution in [3.05, 3.63) is 52.8 Å². The third-order valence-corrected chi connectivity index (χ3v) is 6.01. The van der Waals surface area contributed by atoms with Gasteiger partial charge in [0.2, 0.25) is 0 Å². The quantitative estimate of drug-likeness (QED) is 0.558. The summed E-state index contributed by atoms with van der Waals surface area (Å²) in [6.07, 6.45) is 3.44. The first kappa shape index (κ1) is 21.4. The van der Waals surface area contributed by atoms with E-state index < -0.39 is 0 Å². The molecule has 0 saturated carbocycles. The molecule has 2 aromatic rings.